The van der Waals surface area contributed by atoms with Crippen molar-refractivity contribution in [2.45, 2.75) is 17.9 Å². The fraction of sp³-hybridized carbons (Fsp3) is 0.222. The molecule has 0 bridgehead atoms. The zero-order valence-electron chi connectivity index (χ0n) is 13.1. The number of para-hydroxylation sites is 2. The fourth-order valence-electron chi connectivity index (χ4n) is 2.33. The first kappa shape index (κ1) is 16.1. The molecule has 0 unspecified atom stereocenters. The summed E-state index contributed by atoms with van der Waals surface area (Å²) in [4.78, 5) is 19.0. The maximum absolute atomic E-state index is 12.6. The summed E-state index contributed by atoms with van der Waals surface area (Å²) < 4.78 is 0.964. The number of nitrogens with zero attached hydrogens (tertiary/aromatic N) is 2. The van der Waals surface area contributed by atoms with Crippen LogP contribution in [0, 0.1) is 0 Å². The summed E-state index contributed by atoms with van der Waals surface area (Å²) in [5.41, 5.74) is 3.18. The van der Waals surface area contributed by atoms with Crippen molar-refractivity contribution in [3.63, 3.8) is 0 Å². The van der Waals surface area contributed by atoms with Crippen LogP contribution in [0.1, 0.15) is 12.5 Å². The lowest BCUT2D eigenvalue weighted by Gasteiger charge is -2.22. The lowest BCUT2D eigenvalue weighted by atomic mass is 10.2. The molecule has 3 rings (SSSR count). The molecule has 1 aliphatic rings. The van der Waals surface area contributed by atoms with Gasteiger partial charge in [0.15, 0.2) is 0 Å². The van der Waals surface area contributed by atoms with Crippen molar-refractivity contribution in [2.24, 2.45) is 4.99 Å². The van der Waals surface area contributed by atoms with E-state index in [1.54, 1.807) is 16.7 Å². The Hall–Kier alpha value is -1.72. The molecule has 1 heterocycles. The van der Waals surface area contributed by atoms with Gasteiger partial charge in [-0.2, -0.15) is 0 Å². The Bertz CT molecular complexity index is 731. The zero-order valence-corrected chi connectivity index (χ0v) is 14.7. The van der Waals surface area contributed by atoms with Gasteiger partial charge in [-0.3, -0.25) is 4.79 Å². The van der Waals surface area contributed by atoms with Gasteiger partial charge in [-0.25, -0.2) is 4.99 Å². The first-order chi connectivity index (χ1) is 11.1. The van der Waals surface area contributed by atoms with Crippen LogP contribution >= 0.6 is 23.5 Å². The van der Waals surface area contributed by atoms with Crippen molar-refractivity contribution in [3.8, 4) is 0 Å². The molecule has 23 heavy (non-hydrogen) atoms. The molecule has 0 aliphatic carbocycles. The van der Waals surface area contributed by atoms with Crippen LogP contribution in [0.5, 0.6) is 0 Å². The second kappa shape index (κ2) is 7.23. The van der Waals surface area contributed by atoms with Crippen LogP contribution in [0.25, 0.3) is 0 Å². The number of rotatable bonds is 3. The quantitative estimate of drug-likeness (QED) is 0.810. The summed E-state index contributed by atoms with van der Waals surface area (Å²) in [7, 11) is 1.82. The van der Waals surface area contributed by atoms with E-state index >= 15 is 0 Å². The maximum Gasteiger partial charge on any atom is 0.239 e. The standard InChI is InChI=1S/C18H18N2OS2/c1-13(17(21)20(2)15-9-4-3-5-10-15)23-18-19-16-11-7-6-8-14(16)12-22-18/h3-11,13H,12H2,1-2H3/t13-/m0/s1. The molecule has 0 saturated carbocycles. The number of hydrogen-bond acceptors (Lipinski definition) is 4. The lowest BCUT2D eigenvalue weighted by Crippen LogP contribution is -2.33. The average Bonchev–Trinajstić information content (AvgIpc) is 2.61. The van der Waals surface area contributed by atoms with E-state index in [0.717, 1.165) is 21.5 Å². The van der Waals surface area contributed by atoms with Crippen molar-refractivity contribution >= 4 is 45.2 Å². The van der Waals surface area contributed by atoms with Crippen molar-refractivity contribution in [2.75, 3.05) is 11.9 Å². The molecule has 2 aromatic carbocycles. The van der Waals surface area contributed by atoms with Gasteiger partial charge in [0.1, 0.15) is 4.38 Å². The van der Waals surface area contributed by atoms with Gasteiger partial charge in [-0.15, -0.1) is 0 Å². The molecule has 118 valence electrons. The molecule has 0 aromatic heterocycles. The van der Waals surface area contributed by atoms with Crippen LogP contribution < -0.4 is 4.90 Å². The SMILES string of the molecule is C[C@H](SC1=Nc2ccccc2CS1)C(=O)N(C)c1ccccc1. The maximum atomic E-state index is 12.6. The number of aliphatic imine (C=N–C) groups is 1. The fourth-order valence-corrected chi connectivity index (χ4v) is 4.61. The van der Waals surface area contributed by atoms with E-state index in [-0.39, 0.29) is 11.2 Å². The average molecular weight is 342 g/mol. The highest BCUT2D eigenvalue weighted by Crippen LogP contribution is 2.36. The summed E-state index contributed by atoms with van der Waals surface area (Å²) >= 11 is 3.24. The van der Waals surface area contributed by atoms with Gasteiger partial charge in [0.05, 0.1) is 10.9 Å². The second-order valence-corrected chi connectivity index (χ2v) is 7.84. The predicted octanol–water partition coefficient (Wildman–Crippen LogP) is 4.71. The molecule has 0 N–H and O–H groups in total. The van der Waals surface area contributed by atoms with Gasteiger partial charge < -0.3 is 4.90 Å². The highest BCUT2D eigenvalue weighted by molar-refractivity contribution is 8.39. The number of fused-ring (bicyclic) bond motifs is 1. The molecule has 2 aromatic rings. The number of thioether (sulfide) groups is 2. The Morgan fingerprint density at radius 3 is 2.65 bits per heavy atom. The summed E-state index contributed by atoms with van der Waals surface area (Å²) in [6.45, 7) is 1.94. The highest BCUT2D eigenvalue weighted by atomic mass is 32.2. The van der Waals surface area contributed by atoms with Crippen LogP contribution in [0.2, 0.25) is 0 Å². The van der Waals surface area contributed by atoms with Crippen molar-refractivity contribution < 1.29 is 4.79 Å². The van der Waals surface area contributed by atoms with Gasteiger partial charge in [0.25, 0.3) is 0 Å². The Balaban J connectivity index is 1.69. The molecule has 0 radical (unpaired) electrons. The topological polar surface area (TPSA) is 32.7 Å². The molecule has 1 aliphatic heterocycles. The number of carbonyl (C=O) groups excluding carboxylic acids is 1. The number of carbonyl (C=O) groups is 1. The Morgan fingerprint density at radius 2 is 1.87 bits per heavy atom. The van der Waals surface area contributed by atoms with Crippen LogP contribution in [-0.4, -0.2) is 22.6 Å². The Morgan fingerprint density at radius 1 is 1.17 bits per heavy atom. The number of hydrogen-bond donors (Lipinski definition) is 0. The molecule has 1 amide bonds. The molecular formula is C18H18N2OS2. The highest BCUT2D eigenvalue weighted by Gasteiger charge is 2.23. The third-order valence-electron chi connectivity index (χ3n) is 3.65. The third-order valence-corrected chi connectivity index (χ3v) is 5.94. The largest absolute Gasteiger partial charge is 0.315 e. The molecular weight excluding hydrogens is 324 g/mol. The normalized spacial score (nSPS) is 14.6. The third kappa shape index (κ3) is 3.79. The monoisotopic (exact) mass is 342 g/mol. The lowest BCUT2D eigenvalue weighted by molar-refractivity contribution is -0.117. The van der Waals surface area contributed by atoms with E-state index in [9.17, 15) is 4.79 Å². The molecule has 3 nitrogen and oxygen atoms in total. The van der Waals surface area contributed by atoms with Crippen LogP contribution in [0.15, 0.2) is 59.6 Å². The molecule has 1 atom stereocenters. The van der Waals surface area contributed by atoms with E-state index < -0.39 is 0 Å². The Labute approximate surface area is 145 Å². The molecule has 5 heteroatoms. The van der Waals surface area contributed by atoms with Crippen LogP contribution in [0.3, 0.4) is 0 Å². The number of anilines is 1. The van der Waals surface area contributed by atoms with Crippen molar-refractivity contribution in [1.29, 1.82) is 0 Å². The number of amides is 1. The van der Waals surface area contributed by atoms with Crippen molar-refractivity contribution in [3.05, 3.63) is 60.2 Å². The Kier molecular flexibility index (Phi) is 5.08. The van der Waals surface area contributed by atoms with Gasteiger partial charge in [-0.1, -0.05) is 59.9 Å². The summed E-state index contributed by atoms with van der Waals surface area (Å²) in [6, 6.07) is 17.9. The molecule has 0 fully saturated rings. The van der Waals surface area contributed by atoms with E-state index in [1.165, 1.54) is 17.3 Å². The van der Waals surface area contributed by atoms with Crippen molar-refractivity contribution in [1.82, 2.24) is 0 Å². The summed E-state index contributed by atoms with van der Waals surface area (Å²) in [5, 5.41) is -0.170. The van der Waals surface area contributed by atoms with E-state index in [2.05, 4.69) is 11.1 Å². The van der Waals surface area contributed by atoms with Crippen LogP contribution in [-0.2, 0) is 10.5 Å². The molecule has 0 spiro atoms. The zero-order chi connectivity index (χ0) is 16.2. The first-order valence-electron chi connectivity index (χ1n) is 7.44. The minimum atomic E-state index is -0.170. The number of benzene rings is 2. The first-order valence-corrected chi connectivity index (χ1v) is 9.30. The van der Waals surface area contributed by atoms with Gasteiger partial charge >= 0.3 is 0 Å². The smallest absolute Gasteiger partial charge is 0.239 e. The van der Waals surface area contributed by atoms with Gasteiger partial charge in [-0.05, 0) is 30.7 Å². The van der Waals surface area contributed by atoms with E-state index in [4.69, 9.17) is 0 Å². The summed E-state index contributed by atoms with van der Waals surface area (Å²) in [5.74, 6) is 1.00. The summed E-state index contributed by atoms with van der Waals surface area (Å²) in [6.07, 6.45) is 0. The minimum absolute atomic E-state index is 0.0864. The van der Waals surface area contributed by atoms with Gasteiger partial charge in [0.2, 0.25) is 5.91 Å². The van der Waals surface area contributed by atoms with Crippen LogP contribution in [0.4, 0.5) is 11.4 Å². The predicted molar refractivity (Wildman–Crippen MR) is 102 cm³/mol. The minimum Gasteiger partial charge on any atom is -0.315 e. The second-order valence-electron chi connectivity index (χ2n) is 5.29. The van der Waals surface area contributed by atoms with E-state index in [1.807, 2.05) is 62.5 Å². The van der Waals surface area contributed by atoms with E-state index in [0.29, 0.717) is 0 Å². The molecule has 0 saturated heterocycles. The van der Waals surface area contributed by atoms with Gasteiger partial charge in [0, 0.05) is 18.5 Å².